The Bertz CT molecular complexity index is 823. The van der Waals surface area contributed by atoms with E-state index in [4.69, 9.17) is 9.47 Å². The molecule has 2 N–H and O–H groups in total. The summed E-state index contributed by atoms with van der Waals surface area (Å²) < 4.78 is 11.1. The molecular formula is C19H22N2O4S. The topological polar surface area (TPSA) is 76.7 Å². The van der Waals surface area contributed by atoms with Crippen LogP contribution in [0.4, 0.5) is 0 Å². The number of ether oxygens (including phenoxy) is 2. The van der Waals surface area contributed by atoms with Gasteiger partial charge in [-0.2, -0.15) is 0 Å². The highest BCUT2D eigenvalue weighted by atomic mass is 32.1. The van der Waals surface area contributed by atoms with Gasteiger partial charge in [-0.3, -0.25) is 9.59 Å². The molecular weight excluding hydrogens is 352 g/mol. The summed E-state index contributed by atoms with van der Waals surface area (Å²) in [6.45, 7) is 6.72. The van der Waals surface area contributed by atoms with Crippen LogP contribution < -0.4 is 20.1 Å². The standard InChI is InChI=1S/C19H22N2O4S/c1-19(2,3)21-17(22)11-20-18(23)16-7-6-15(26-16)12-4-5-13-14(10-12)25-9-8-24-13/h4-7,10H,8-9,11H2,1-3H3,(H,20,23)(H,21,22). The first-order chi connectivity index (χ1) is 12.3. The molecule has 1 aromatic carbocycles. The van der Waals surface area contributed by atoms with Gasteiger partial charge in [-0.15, -0.1) is 11.3 Å². The van der Waals surface area contributed by atoms with Crippen LogP contribution in [-0.4, -0.2) is 37.1 Å². The first-order valence-electron chi connectivity index (χ1n) is 8.41. The van der Waals surface area contributed by atoms with Crippen molar-refractivity contribution >= 4 is 23.2 Å². The molecule has 1 aliphatic heterocycles. The lowest BCUT2D eigenvalue weighted by Crippen LogP contribution is -2.45. The summed E-state index contributed by atoms with van der Waals surface area (Å²) in [4.78, 5) is 25.6. The molecule has 0 fully saturated rings. The van der Waals surface area contributed by atoms with E-state index in [1.807, 2.05) is 45.0 Å². The molecule has 0 atom stereocenters. The van der Waals surface area contributed by atoms with E-state index in [9.17, 15) is 9.59 Å². The lowest BCUT2D eigenvalue weighted by Gasteiger charge is -2.20. The molecule has 0 bridgehead atoms. The Morgan fingerprint density at radius 3 is 2.54 bits per heavy atom. The highest BCUT2D eigenvalue weighted by Gasteiger charge is 2.17. The zero-order valence-electron chi connectivity index (χ0n) is 15.0. The van der Waals surface area contributed by atoms with Gasteiger partial charge in [-0.25, -0.2) is 0 Å². The van der Waals surface area contributed by atoms with E-state index in [0.717, 1.165) is 16.2 Å². The molecule has 0 aliphatic carbocycles. The molecule has 6 nitrogen and oxygen atoms in total. The van der Waals surface area contributed by atoms with Crippen molar-refractivity contribution in [2.75, 3.05) is 19.8 Å². The SMILES string of the molecule is CC(C)(C)NC(=O)CNC(=O)c1ccc(-c2ccc3c(c2)OCCO3)s1. The lowest BCUT2D eigenvalue weighted by molar-refractivity contribution is -0.121. The van der Waals surface area contributed by atoms with Gasteiger partial charge in [0.2, 0.25) is 5.91 Å². The van der Waals surface area contributed by atoms with Crippen molar-refractivity contribution in [3.63, 3.8) is 0 Å². The maximum Gasteiger partial charge on any atom is 0.261 e. The number of hydrogen-bond donors (Lipinski definition) is 2. The molecule has 0 spiro atoms. The van der Waals surface area contributed by atoms with E-state index in [1.165, 1.54) is 11.3 Å². The largest absolute Gasteiger partial charge is 0.486 e. The van der Waals surface area contributed by atoms with Crippen molar-refractivity contribution in [2.24, 2.45) is 0 Å². The first-order valence-corrected chi connectivity index (χ1v) is 9.22. The summed E-state index contributed by atoms with van der Waals surface area (Å²) in [6, 6.07) is 9.38. The Kier molecular flexibility index (Phi) is 5.18. The minimum atomic E-state index is -0.323. The van der Waals surface area contributed by atoms with Gasteiger partial charge in [0.05, 0.1) is 11.4 Å². The van der Waals surface area contributed by atoms with Gasteiger partial charge in [0.1, 0.15) is 13.2 Å². The minimum absolute atomic E-state index is 0.0483. The number of fused-ring (bicyclic) bond motifs is 1. The molecule has 2 heterocycles. The van der Waals surface area contributed by atoms with Gasteiger partial charge in [-0.1, -0.05) is 0 Å². The lowest BCUT2D eigenvalue weighted by atomic mass is 10.1. The Hall–Kier alpha value is -2.54. The van der Waals surface area contributed by atoms with Gasteiger partial charge >= 0.3 is 0 Å². The normalized spacial score (nSPS) is 13.2. The average Bonchev–Trinajstić information content (AvgIpc) is 3.08. The van der Waals surface area contributed by atoms with Crippen LogP contribution in [0, 0.1) is 0 Å². The number of nitrogens with one attached hydrogen (secondary N) is 2. The third kappa shape index (κ3) is 4.54. The van der Waals surface area contributed by atoms with Gasteiger partial charge < -0.3 is 20.1 Å². The number of thiophene rings is 1. The zero-order valence-corrected chi connectivity index (χ0v) is 15.9. The van der Waals surface area contributed by atoms with Crippen molar-refractivity contribution in [3.05, 3.63) is 35.2 Å². The Labute approximate surface area is 156 Å². The zero-order chi connectivity index (χ0) is 18.7. The fraction of sp³-hybridized carbons (Fsp3) is 0.368. The van der Waals surface area contributed by atoms with E-state index in [-0.39, 0.29) is 23.9 Å². The fourth-order valence-corrected chi connectivity index (χ4v) is 3.44. The van der Waals surface area contributed by atoms with Crippen molar-refractivity contribution in [1.29, 1.82) is 0 Å². The third-order valence-corrected chi connectivity index (χ3v) is 4.71. The average molecular weight is 374 g/mol. The van der Waals surface area contributed by atoms with Gasteiger partial charge in [0.15, 0.2) is 11.5 Å². The van der Waals surface area contributed by atoms with Crippen LogP contribution in [0.3, 0.4) is 0 Å². The van der Waals surface area contributed by atoms with Crippen molar-refractivity contribution in [2.45, 2.75) is 26.3 Å². The van der Waals surface area contributed by atoms with Crippen molar-refractivity contribution in [1.82, 2.24) is 10.6 Å². The van der Waals surface area contributed by atoms with E-state index in [2.05, 4.69) is 10.6 Å². The summed E-state index contributed by atoms with van der Waals surface area (Å²) in [6.07, 6.45) is 0. The molecule has 7 heteroatoms. The molecule has 138 valence electrons. The fourth-order valence-electron chi connectivity index (χ4n) is 2.52. The van der Waals surface area contributed by atoms with Crippen LogP contribution in [0.15, 0.2) is 30.3 Å². The molecule has 0 radical (unpaired) electrons. The Morgan fingerprint density at radius 2 is 1.81 bits per heavy atom. The second-order valence-corrected chi connectivity index (χ2v) is 8.09. The van der Waals surface area contributed by atoms with Crippen molar-refractivity contribution < 1.29 is 19.1 Å². The van der Waals surface area contributed by atoms with E-state index < -0.39 is 0 Å². The van der Waals surface area contributed by atoms with E-state index in [1.54, 1.807) is 6.07 Å². The molecule has 0 saturated heterocycles. The van der Waals surface area contributed by atoms with Gasteiger partial charge in [0.25, 0.3) is 5.91 Å². The molecule has 2 amide bonds. The molecule has 26 heavy (non-hydrogen) atoms. The second-order valence-electron chi connectivity index (χ2n) is 7.00. The Balaban J connectivity index is 1.64. The highest BCUT2D eigenvalue weighted by Crippen LogP contribution is 2.36. The molecule has 0 unspecified atom stereocenters. The maximum absolute atomic E-state index is 12.3. The summed E-state index contributed by atoms with van der Waals surface area (Å²) in [5, 5.41) is 5.46. The van der Waals surface area contributed by atoms with Gasteiger partial charge in [0, 0.05) is 10.4 Å². The molecule has 1 aliphatic rings. The molecule has 2 aromatic rings. The summed E-state index contributed by atoms with van der Waals surface area (Å²) >= 11 is 1.37. The number of amides is 2. The smallest absolute Gasteiger partial charge is 0.261 e. The first kappa shape index (κ1) is 18.3. The third-order valence-electron chi connectivity index (χ3n) is 3.58. The summed E-state index contributed by atoms with van der Waals surface area (Å²) in [5.41, 5.74) is 0.639. The number of benzene rings is 1. The number of rotatable bonds is 4. The van der Waals surface area contributed by atoms with Crippen molar-refractivity contribution in [3.8, 4) is 21.9 Å². The van der Waals surface area contributed by atoms with Crippen LogP contribution >= 0.6 is 11.3 Å². The second kappa shape index (κ2) is 7.37. The maximum atomic E-state index is 12.3. The van der Waals surface area contributed by atoms with Crippen LogP contribution in [0.5, 0.6) is 11.5 Å². The number of hydrogen-bond acceptors (Lipinski definition) is 5. The van der Waals surface area contributed by atoms with Crippen LogP contribution in [-0.2, 0) is 4.79 Å². The monoisotopic (exact) mass is 374 g/mol. The molecule has 1 aromatic heterocycles. The molecule has 3 rings (SSSR count). The predicted molar refractivity (Wildman–Crippen MR) is 101 cm³/mol. The van der Waals surface area contributed by atoms with Crippen LogP contribution in [0.1, 0.15) is 30.4 Å². The summed E-state index contributed by atoms with van der Waals surface area (Å²) in [5.74, 6) is 0.976. The minimum Gasteiger partial charge on any atom is -0.486 e. The van der Waals surface area contributed by atoms with E-state index >= 15 is 0 Å². The quantitative estimate of drug-likeness (QED) is 0.863. The Morgan fingerprint density at radius 1 is 1.08 bits per heavy atom. The highest BCUT2D eigenvalue weighted by molar-refractivity contribution is 7.17. The molecule has 0 saturated carbocycles. The van der Waals surface area contributed by atoms with Crippen LogP contribution in [0.2, 0.25) is 0 Å². The van der Waals surface area contributed by atoms with Crippen LogP contribution in [0.25, 0.3) is 10.4 Å². The van der Waals surface area contributed by atoms with Gasteiger partial charge in [-0.05, 0) is 56.7 Å². The van der Waals surface area contributed by atoms with E-state index in [0.29, 0.717) is 23.8 Å². The predicted octanol–water partition coefficient (Wildman–Crippen LogP) is 2.83. The number of carbonyl (C=O) groups is 2. The summed E-state index contributed by atoms with van der Waals surface area (Å²) in [7, 11) is 0. The number of carbonyl (C=O) groups excluding carboxylic acids is 2.